The molecule has 0 saturated carbocycles. The van der Waals surface area contributed by atoms with Crippen LogP contribution in [0, 0.1) is 5.41 Å². The van der Waals surface area contributed by atoms with Crippen LogP contribution in [-0.2, 0) is 0 Å². The molecule has 64 valence electrons. The summed E-state index contributed by atoms with van der Waals surface area (Å²) in [6.07, 6.45) is 4.58. The van der Waals surface area contributed by atoms with Crippen LogP contribution in [0.25, 0.3) is 0 Å². The molecule has 3 nitrogen and oxygen atoms in total. The van der Waals surface area contributed by atoms with Gasteiger partial charge in [0.05, 0.1) is 5.69 Å². The Morgan fingerprint density at radius 1 is 1.55 bits per heavy atom. The third-order valence-electron chi connectivity index (χ3n) is 0.836. The van der Waals surface area contributed by atoms with Crippen molar-refractivity contribution in [3.8, 4) is 0 Å². The standard InChI is InChI=1S/C6H6N2.CH4S.H3N.H2/c7-5-6-3-1-2-4-8-6;1-2;;/h1-5,7H;2H,1H3;1H3;1H. The lowest BCUT2D eigenvalue weighted by Gasteiger charge is -1.83. The first-order valence-corrected chi connectivity index (χ1v) is 3.69. The average molecular weight is 173 g/mol. The first kappa shape index (κ1) is 12.8. The second kappa shape index (κ2) is 9.13. The zero-order valence-electron chi connectivity index (χ0n) is 6.49. The third kappa shape index (κ3) is 5.57. The number of thiol groups is 1. The van der Waals surface area contributed by atoms with Gasteiger partial charge in [-0.25, -0.2) is 0 Å². The molecule has 1 rings (SSSR count). The summed E-state index contributed by atoms with van der Waals surface area (Å²) < 4.78 is 0. The minimum Gasteiger partial charge on any atom is -0.344 e. The summed E-state index contributed by atoms with van der Waals surface area (Å²) in [5, 5.41) is 6.76. The van der Waals surface area contributed by atoms with Crippen molar-refractivity contribution < 1.29 is 1.43 Å². The van der Waals surface area contributed by atoms with Gasteiger partial charge >= 0.3 is 0 Å². The zero-order valence-corrected chi connectivity index (χ0v) is 7.38. The molecule has 4 heteroatoms. The van der Waals surface area contributed by atoms with Gasteiger partial charge in [0.1, 0.15) is 0 Å². The summed E-state index contributed by atoms with van der Waals surface area (Å²) >= 11 is 3.53. The van der Waals surface area contributed by atoms with Crippen molar-refractivity contribution >= 4 is 18.8 Å². The minimum absolute atomic E-state index is 0. The van der Waals surface area contributed by atoms with Gasteiger partial charge in [0.2, 0.25) is 0 Å². The Bertz CT molecular complexity index is 181. The van der Waals surface area contributed by atoms with Crippen molar-refractivity contribution in [3.05, 3.63) is 30.1 Å². The van der Waals surface area contributed by atoms with E-state index in [-0.39, 0.29) is 7.58 Å². The molecule has 0 amide bonds. The van der Waals surface area contributed by atoms with Crippen LogP contribution in [0.4, 0.5) is 0 Å². The molecule has 4 N–H and O–H groups in total. The predicted molar refractivity (Wildman–Crippen MR) is 54.2 cm³/mol. The lowest BCUT2D eigenvalue weighted by atomic mass is 10.4. The molecule has 1 aromatic rings. The molecular formula is C7H15N3S. The fraction of sp³-hybridized carbons (Fsp3) is 0.143. The van der Waals surface area contributed by atoms with Crippen LogP contribution in [-0.4, -0.2) is 17.5 Å². The van der Waals surface area contributed by atoms with E-state index in [0.717, 1.165) is 0 Å². The SMILES string of the molecule is CS.N.N=Cc1ccccn1.[HH]. The Balaban J connectivity index is -0.000000189. The van der Waals surface area contributed by atoms with Gasteiger partial charge in [0.25, 0.3) is 0 Å². The fourth-order valence-corrected chi connectivity index (χ4v) is 0.461. The van der Waals surface area contributed by atoms with E-state index in [1.807, 2.05) is 12.1 Å². The normalized spacial score (nSPS) is 6.73. The summed E-state index contributed by atoms with van der Waals surface area (Å²) in [5.74, 6) is 0. The first-order valence-electron chi connectivity index (χ1n) is 2.80. The monoisotopic (exact) mass is 173 g/mol. The number of aromatic nitrogens is 1. The van der Waals surface area contributed by atoms with Crippen molar-refractivity contribution in [2.24, 2.45) is 0 Å². The highest BCUT2D eigenvalue weighted by Gasteiger charge is 1.78. The molecule has 0 unspecified atom stereocenters. The van der Waals surface area contributed by atoms with E-state index < -0.39 is 0 Å². The summed E-state index contributed by atoms with van der Waals surface area (Å²) in [5.41, 5.74) is 0.701. The quantitative estimate of drug-likeness (QED) is 0.449. The number of pyridine rings is 1. The number of hydrogen-bond donors (Lipinski definition) is 3. The Hall–Kier alpha value is -0.870. The highest BCUT2D eigenvalue weighted by molar-refractivity contribution is 7.79. The highest BCUT2D eigenvalue weighted by Crippen LogP contribution is 1.85. The molecule has 1 aromatic heterocycles. The molecule has 0 saturated heterocycles. The van der Waals surface area contributed by atoms with E-state index in [1.165, 1.54) is 6.21 Å². The second-order valence-corrected chi connectivity index (χ2v) is 1.40. The van der Waals surface area contributed by atoms with Gasteiger partial charge in [-0.2, -0.15) is 12.6 Å². The summed E-state index contributed by atoms with van der Waals surface area (Å²) in [7, 11) is 0. The van der Waals surface area contributed by atoms with E-state index >= 15 is 0 Å². The van der Waals surface area contributed by atoms with Crippen LogP contribution in [0.5, 0.6) is 0 Å². The van der Waals surface area contributed by atoms with Gasteiger partial charge in [0, 0.05) is 13.8 Å². The van der Waals surface area contributed by atoms with Crippen LogP contribution in [0.3, 0.4) is 0 Å². The lowest BCUT2D eigenvalue weighted by Crippen LogP contribution is -1.80. The van der Waals surface area contributed by atoms with Crippen molar-refractivity contribution in [1.29, 1.82) is 5.41 Å². The van der Waals surface area contributed by atoms with Gasteiger partial charge < -0.3 is 11.6 Å². The summed E-state index contributed by atoms with van der Waals surface area (Å²) in [6.45, 7) is 0. The highest BCUT2D eigenvalue weighted by atomic mass is 32.1. The number of rotatable bonds is 1. The molecule has 0 aliphatic heterocycles. The van der Waals surface area contributed by atoms with Crippen LogP contribution < -0.4 is 6.15 Å². The molecular weight excluding hydrogens is 158 g/mol. The smallest absolute Gasteiger partial charge is 0.0805 e. The van der Waals surface area contributed by atoms with E-state index in [4.69, 9.17) is 5.41 Å². The number of nitrogens with zero attached hydrogens (tertiary/aromatic N) is 1. The van der Waals surface area contributed by atoms with Gasteiger partial charge in [-0.1, -0.05) is 6.07 Å². The number of nitrogens with one attached hydrogen (secondary N) is 1. The molecule has 0 aromatic carbocycles. The Labute approximate surface area is 73.8 Å². The molecule has 0 spiro atoms. The molecule has 0 aliphatic rings. The maximum absolute atomic E-state index is 6.76. The van der Waals surface area contributed by atoms with Gasteiger partial charge in [0.15, 0.2) is 0 Å². The van der Waals surface area contributed by atoms with Crippen molar-refractivity contribution in [3.63, 3.8) is 0 Å². The minimum atomic E-state index is 0. The second-order valence-electron chi connectivity index (χ2n) is 1.40. The summed E-state index contributed by atoms with van der Waals surface area (Å²) in [4.78, 5) is 3.85. The van der Waals surface area contributed by atoms with Gasteiger partial charge in [-0.15, -0.1) is 0 Å². The van der Waals surface area contributed by atoms with Gasteiger partial charge in [-0.05, 0) is 18.4 Å². The topological polar surface area (TPSA) is 71.7 Å². The average Bonchev–Trinajstić information content (AvgIpc) is 2.10. The third-order valence-corrected chi connectivity index (χ3v) is 0.836. The molecule has 11 heavy (non-hydrogen) atoms. The van der Waals surface area contributed by atoms with E-state index in [2.05, 4.69) is 17.6 Å². The maximum Gasteiger partial charge on any atom is 0.0805 e. The molecule has 1 heterocycles. The van der Waals surface area contributed by atoms with Crippen LogP contribution in [0.2, 0.25) is 0 Å². The van der Waals surface area contributed by atoms with E-state index in [9.17, 15) is 0 Å². The molecule has 0 bridgehead atoms. The van der Waals surface area contributed by atoms with E-state index in [0.29, 0.717) is 5.69 Å². The Morgan fingerprint density at radius 2 is 2.18 bits per heavy atom. The van der Waals surface area contributed by atoms with Crippen molar-refractivity contribution in [2.45, 2.75) is 0 Å². The van der Waals surface area contributed by atoms with Crippen molar-refractivity contribution in [1.82, 2.24) is 11.1 Å². The first-order chi connectivity index (χ1) is 4.93. The molecule has 0 fully saturated rings. The molecule has 0 radical (unpaired) electrons. The fourth-order valence-electron chi connectivity index (χ4n) is 0.461. The molecule has 0 aliphatic carbocycles. The predicted octanol–water partition coefficient (Wildman–Crippen LogP) is 2.03. The Kier molecular flexibility index (Phi) is 10.6. The van der Waals surface area contributed by atoms with Crippen molar-refractivity contribution in [2.75, 3.05) is 6.26 Å². The Morgan fingerprint density at radius 3 is 2.45 bits per heavy atom. The van der Waals surface area contributed by atoms with Crippen LogP contribution in [0.15, 0.2) is 24.4 Å². The number of hydrogen-bond acceptors (Lipinski definition) is 4. The summed E-state index contributed by atoms with van der Waals surface area (Å²) in [6, 6.07) is 5.47. The zero-order chi connectivity index (χ0) is 7.82. The van der Waals surface area contributed by atoms with Gasteiger partial charge in [-0.3, -0.25) is 4.98 Å². The largest absolute Gasteiger partial charge is 0.344 e. The molecule has 0 atom stereocenters. The van der Waals surface area contributed by atoms with E-state index in [1.54, 1.807) is 18.5 Å². The van der Waals surface area contributed by atoms with Crippen LogP contribution in [0.1, 0.15) is 7.12 Å². The van der Waals surface area contributed by atoms with Crippen LogP contribution >= 0.6 is 12.6 Å². The maximum atomic E-state index is 6.76. The lowest BCUT2D eigenvalue weighted by molar-refractivity contribution is 1.29.